The quantitative estimate of drug-likeness (QED) is 0.411. The normalized spacial score (nSPS) is 10.8. The third-order valence-electron chi connectivity index (χ3n) is 3.77. The molecule has 8 nitrogen and oxygen atoms in total. The molecular weight excluding hydrogens is 362 g/mol. The van der Waals surface area contributed by atoms with Crippen molar-refractivity contribution in [3.8, 4) is 28.6 Å². The van der Waals surface area contributed by atoms with Gasteiger partial charge < -0.3 is 23.6 Å². The van der Waals surface area contributed by atoms with E-state index in [1.54, 1.807) is 20.4 Å². The van der Waals surface area contributed by atoms with Crippen LogP contribution in [0.25, 0.3) is 11.4 Å². The highest BCUT2D eigenvalue weighted by Gasteiger charge is 2.13. The van der Waals surface area contributed by atoms with E-state index in [1.165, 1.54) is 0 Å². The molecule has 1 heterocycles. The highest BCUT2D eigenvalue weighted by molar-refractivity contribution is 5.80. The van der Waals surface area contributed by atoms with E-state index in [0.717, 1.165) is 11.1 Å². The van der Waals surface area contributed by atoms with Gasteiger partial charge in [0.1, 0.15) is 5.75 Å². The van der Waals surface area contributed by atoms with Gasteiger partial charge in [0.25, 0.3) is 5.89 Å². The van der Waals surface area contributed by atoms with Crippen LogP contribution in [0.5, 0.6) is 17.2 Å². The summed E-state index contributed by atoms with van der Waals surface area (Å²) in [7, 11) is 3.18. The molecule has 28 heavy (non-hydrogen) atoms. The molecule has 3 aromatic rings. The molecule has 0 aliphatic carbocycles. The summed E-state index contributed by atoms with van der Waals surface area (Å²) >= 11 is 0. The van der Waals surface area contributed by atoms with Crippen molar-refractivity contribution in [2.24, 2.45) is 5.16 Å². The summed E-state index contributed by atoms with van der Waals surface area (Å²) in [6.07, 6.45) is 1.57. The summed E-state index contributed by atoms with van der Waals surface area (Å²) in [5.41, 5.74) is 1.55. The molecular formula is C20H21N3O5. The molecule has 0 aliphatic heterocycles. The van der Waals surface area contributed by atoms with Gasteiger partial charge in [-0.3, -0.25) is 0 Å². The maximum absolute atomic E-state index is 5.48. The third kappa shape index (κ3) is 4.59. The van der Waals surface area contributed by atoms with Gasteiger partial charge in [0.2, 0.25) is 5.82 Å². The first-order valence-corrected chi connectivity index (χ1v) is 8.67. The van der Waals surface area contributed by atoms with Gasteiger partial charge in [-0.25, -0.2) is 0 Å². The fraction of sp³-hybridized carbons (Fsp3) is 0.250. The van der Waals surface area contributed by atoms with Crippen molar-refractivity contribution >= 4 is 6.21 Å². The van der Waals surface area contributed by atoms with Gasteiger partial charge >= 0.3 is 0 Å². The highest BCUT2D eigenvalue weighted by atomic mass is 16.6. The zero-order valence-corrected chi connectivity index (χ0v) is 15.9. The fourth-order valence-electron chi connectivity index (χ4n) is 2.48. The minimum Gasteiger partial charge on any atom is -0.496 e. The Kier molecular flexibility index (Phi) is 6.46. The van der Waals surface area contributed by atoms with Crippen LogP contribution >= 0.6 is 0 Å². The number of rotatable bonds is 9. The first kappa shape index (κ1) is 19.2. The Morgan fingerprint density at radius 3 is 2.64 bits per heavy atom. The van der Waals surface area contributed by atoms with Crippen LogP contribution in [0.4, 0.5) is 0 Å². The third-order valence-corrected chi connectivity index (χ3v) is 3.77. The number of ether oxygens (including phenoxy) is 3. The molecule has 0 N–H and O–H groups in total. The predicted molar refractivity (Wildman–Crippen MR) is 103 cm³/mol. The lowest BCUT2D eigenvalue weighted by atomic mass is 10.2. The Bertz CT molecular complexity index is 939. The van der Waals surface area contributed by atoms with Gasteiger partial charge in [-0.1, -0.05) is 22.4 Å². The number of hydrogen-bond donors (Lipinski definition) is 0. The predicted octanol–water partition coefficient (Wildman–Crippen LogP) is 3.70. The Morgan fingerprint density at radius 2 is 1.86 bits per heavy atom. The standard InChI is InChI=1S/C20H21N3O5/c1-4-26-17-10-9-14(11-18(17)25-3)12-21-27-13-19-22-20(23-28-19)15-7-5-6-8-16(15)24-2/h5-12H,4,13H2,1-3H3/b21-12-. The number of aromatic nitrogens is 2. The maximum Gasteiger partial charge on any atom is 0.267 e. The largest absolute Gasteiger partial charge is 0.496 e. The minimum atomic E-state index is 0.0484. The van der Waals surface area contributed by atoms with Gasteiger partial charge in [-0.2, -0.15) is 4.98 Å². The second-order valence-electron chi connectivity index (χ2n) is 5.56. The van der Waals surface area contributed by atoms with Gasteiger partial charge in [0.15, 0.2) is 18.1 Å². The van der Waals surface area contributed by atoms with E-state index in [1.807, 2.05) is 49.4 Å². The second-order valence-corrected chi connectivity index (χ2v) is 5.56. The molecule has 0 spiro atoms. The number of methoxy groups -OCH3 is 2. The molecule has 146 valence electrons. The molecule has 0 atom stereocenters. The zero-order chi connectivity index (χ0) is 19.8. The lowest BCUT2D eigenvalue weighted by molar-refractivity contribution is 0.107. The van der Waals surface area contributed by atoms with Gasteiger partial charge in [0, 0.05) is 5.56 Å². The van der Waals surface area contributed by atoms with Crippen molar-refractivity contribution in [1.29, 1.82) is 0 Å². The van der Waals surface area contributed by atoms with E-state index in [-0.39, 0.29) is 6.61 Å². The average molecular weight is 383 g/mol. The monoisotopic (exact) mass is 383 g/mol. The summed E-state index contributed by atoms with van der Waals surface area (Å²) in [6, 6.07) is 12.9. The van der Waals surface area contributed by atoms with E-state index in [9.17, 15) is 0 Å². The molecule has 0 radical (unpaired) electrons. The molecule has 8 heteroatoms. The maximum atomic E-state index is 5.48. The van der Waals surface area contributed by atoms with Crippen LogP contribution in [0.1, 0.15) is 18.4 Å². The Hall–Kier alpha value is -3.55. The van der Waals surface area contributed by atoms with E-state index in [2.05, 4.69) is 15.3 Å². The van der Waals surface area contributed by atoms with Crippen molar-refractivity contribution in [3.05, 3.63) is 53.9 Å². The molecule has 0 aliphatic rings. The first-order chi connectivity index (χ1) is 13.7. The summed E-state index contributed by atoms with van der Waals surface area (Å²) in [4.78, 5) is 9.55. The highest BCUT2D eigenvalue weighted by Crippen LogP contribution is 2.28. The number of oxime groups is 1. The number of nitrogens with zero attached hydrogens (tertiary/aromatic N) is 3. The molecule has 0 bridgehead atoms. The lowest BCUT2D eigenvalue weighted by Crippen LogP contribution is -1.96. The minimum absolute atomic E-state index is 0.0484. The summed E-state index contributed by atoms with van der Waals surface area (Å²) in [5.74, 6) is 2.71. The van der Waals surface area contributed by atoms with E-state index >= 15 is 0 Å². The average Bonchev–Trinajstić information content (AvgIpc) is 3.21. The second kappa shape index (κ2) is 9.40. The van der Waals surface area contributed by atoms with E-state index in [4.69, 9.17) is 23.6 Å². The Labute approximate surface area is 162 Å². The van der Waals surface area contributed by atoms with Crippen molar-refractivity contribution in [2.75, 3.05) is 20.8 Å². The Balaban J connectivity index is 1.60. The molecule has 0 saturated carbocycles. The topological polar surface area (TPSA) is 88.2 Å². The Morgan fingerprint density at radius 1 is 1.04 bits per heavy atom. The van der Waals surface area contributed by atoms with Crippen molar-refractivity contribution in [2.45, 2.75) is 13.5 Å². The fourth-order valence-corrected chi connectivity index (χ4v) is 2.48. The van der Waals surface area contributed by atoms with Gasteiger partial charge in [-0.05, 0) is 37.3 Å². The molecule has 1 aromatic heterocycles. The molecule has 0 fully saturated rings. The molecule has 0 amide bonds. The van der Waals surface area contributed by atoms with Crippen molar-refractivity contribution < 1.29 is 23.6 Å². The zero-order valence-electron chi connectivity index (χ0n) is 15.9. The molecule has 0 saturated heterocycles. The molecule has 3 rings (SSSR count). The van der Waals surface area contributed by atoms with Crippen molar-refractivity contribution in [3.63, 3.8) is 0 Å². The number of benzene rings is 2. The van der Waals surface area contributed by atoms with Crippen LogP contribution in [0, 0.1) is 0 Å². The SMILES string of the molecule is CCOc1ccc(/C=N\OCc2nc(-c3ccccc3OC)no2)cc1OC. The lowest BCUT2D eigenvalue weighted by Gasteiger charge is -2.09. The summed E-state index contributed by atoms with van der Waals surface area (Å²) in [6.45, 7) is 2.53. The number of para-hydroxylation sites is 1. The van der Waals surface area contributed by atoms with Gasteiger partial charge in [0.05, 0.1) is 32.6 Å². The molecule has 0 unspecified atom stereocenters. The molecule has 2 aromatic carbocycles. The smallest absolute Gasteiger partial charge is 0.267 e. The van der Waals surface area contributed by atoms with E-state index < -0.39 is 0 Å². The van der Waals surface area contributed by atoms with Crippen LogP contribution in [0.3, 0.4) is 0 Å². The van der Waals surface area contributed by atoms with Crippen LogP contribution in [0.2, 0.25) is 0 Å². The summed E-state index contributed by atoms with van der Waals surface area (Å²) in [5, 5.41) is 7.88. The van der Waals surface area contributed by atoms with Crippen LogP contribution in [-0.2, 0) is 11.4 Å². The van der Waals surface area contributed by atoms with Crippen LogP contribution < -0.4 is 14.2 Å². The van der Waals surface area contributed by atoms with Crippen molar-refractivity contribution in [1.82, 2.24) is 10.1 Å². The van der Waals surface area contributed by atoms with Gasteiger partial charge in [-0.15, -0.1) is 0 Å². The number of hydrogen-bond acceptors (Lipinski definition) is 8. The van der Waals surface area contributed by atoms with Crippen LogP contribution in [-0.4, -0.2) is 37.2 Å². The van der Waals surface area contributed by atoms with Crippen LogP contribution in [0.15, 0.2) is 52.1 Å². The first-order valence-electron chi connectivity index (χ1n) is 8.67. The van der Waals surface area contributed by atoms with E-state index in [0.29, 0.717) is 35.6 Å². The summed E-state index contributed by atoms with van der Waals surface area (Å²) < 4.78 is 21.3.